The van der Waals surface area contributed by atoms with Gasteiger partial charge in [0.1, 0.15) is 11.9 Å². The molecule has 3 N–H and O–H groups in total. The van der Waals surface area contributed by atoms with Crippen LogP contribution in [0.5, 0.6) is 0 Å². The number of ether oxygens (including phenoxy) is 1. The third-order valence-corrected chi connectivity index (χ3v) is 4.31. The highest BCUT2D eigenvalue weighted by atomic mass is 35.5. The minimum Gasteiger partial charge on any atom is -0.364 e. The molecule has 1 aliphatic heterocycles. The molecular formula is C14H18ClF3N2O2S. The summed E-state index contributed by atoms with van der Waals surface area (Å²) in [6.45, 7) is 0.333. The van der Waals surface area contributed by atoms with Gasteiger partial charge in [-0.25, -0.2) is 13.2 Å². The smallest absolute Gasteiger partial charge is 0.253 e. The zero-order valence-corrected chi connectivity index (χ0v) is 13.8. The van der Waals surface area contributed by atoms with Gasteiger partial charge < -0.3 is 15.8 Å². The molecule has 1 heterocycles. The fraction of sp³-hybridized carbons (Fsp3) is 0.500. The highest BCUT2D eigenvalue weighted by Gasteiger charge is 2.30. The number of hydrogen-bond donors (Lipinski definition) is 2. The average Bonchev–Trinajstić information content (AvgIpc) is 2.95. The Morgan fingerprint density at radius 2 is 2.17 bits per heavy atom. The molecule has 0 bridgehead atoms. The summed E-state index contributed by atoms with van der Waals surface area (Å²) in [7, 11) is 0. The van der Waals surface area contributed by atoms with Crippen molar-refractivity contribution in [2.45, 2.75) is 36.4 Å². The van der Waals surface area contributed by atoms with E-state index in [4.69, 9.17) is 10.5 Å². The van der Waals surface area contributed by atoms with Crippen LogP contribution in [0, 0.1) is 5.82 Å². The molecule has 0 spiro atoms. The van der Waals surface area contributed by atoms with Gasteiger partial charge >= 0.3 is 0 Å². The van der Waals surface area contributed by atoms with Gasteiger partial charge in [-0.1, -0.05) is 0 Å². The molecule has 1 aromatic rings. The summed E-state index contributed by atoms with van der Waals surface area (Å²) in [5, 5.41) is 2.55. The number of carbonyl (C=O) groups excluding carboxylic acids is 1. The van der Waals surface area contributed by atoms with Crippen molar-refractivity contribution in [1.29, 1.82) is 0 Å². The quantitative estimate of drug-likeness (QED) is 0.755. The zero-order valence-electron chi connectivity index (χ0n) is 12.1. The Hall–Kier alpha value is -0.960. The summed E-state index contributed by atoms with van der Waals surface area (Å²) in [6.07, 6.45) is -2.07. The van der Waals surface area contributed by atoms with Gasteiger partial charge in [0.05, 0.1) is 17.5 Å². The molecule has 1 aromatic carbocycles. The summed E-state index contributed by atoms with van der Waals surface area (Å²) < 4.78 is 43.4. The molecule has 1 saturated heterocycles. The number of benzene rings is 1. The van der Waals surface area contributed by atoms with Gasteiger partial charge in [0.15, 0.2) is 0 Å². The van der Waals surface area contributed by atoms with E-state index in [9.17, 15) is 18.0 Å². The summed E-state index contributed by atoms with van der Waals surface area (Å²) in [5.41, 5.74) is 5.66. The molecule has 0 aromatic heterocycles. The summed E-state index contributed by atoms with van der Waals surface area (Å²) >= 11 is 0.861. The first-order chi connectivity index (χ1) is 10.5. The summed E-state index contributed by atoms with van der Waals surface area (Å²) in [6, 6.07) is 3.65. The first-order valence-electron chi connectivity index (χ1n) is 6.86. The molecular weight excluding hydrogens is 353 g/mol. The fourth-order valence-corrected chi connectivity index (χ4v) is 2.90. The van der Waals surface area contributed by atoms with Crippen molar-refractivity contribution in [3.8, 4) is 0 Å². The predicted octanol–water partition coefficient (Wildman–Crippen LogP) is 3.05. The van der Waals surface area contributed by atoms with Crippen LogP contribution in [0.25, 0.3) is 0 Å². The van der Waals surface area contributed by atoms with Crippen molar-refractivity contribution in [3.63, 3.8) is 0 Å². The molecule has 4 nitrogen and oxygen atoms in total. The van der Waals surface area contributed by atoms with Crippen molar-refractivity contribution in [2.24, 2.45) is 5.73 Å². The second-order valence-electron chi connectivity index (χ2n) is 4.89. The third kappa shape index (κ3) is 5.87. The number of nitrogens with two attached hydrogens (primary N) is 1. The van der Waals surface area contributed by atoms with Crippen LogP contribution in [0.4, 0.5) is 18.9 Å². The Morgan fingerprint density at radius 3 is 2.78 bits per heavy atom. The lowest BCUT2D eigenvalue weighted by Crippen LogP contribution is -2.30. The molecule has 0 unspecified atom stereocenters. The van der Waals surface area contributed by atoms with Crippen molar-refractivity contribution in [2.75, 3.05) is 17.6 Å². The Balaban J connectivity index is 0.00000264. The minimum atomic E-state index is -2.48. The van der Waals surface area contributed by atoms with Crippen molar-refractivity contribution in [1.82, 2.24) is 0 Å². The van der Waals surface area contributed by atoms with Gasteiger partial charge in [0.2, 0.25) is 6.43 Å². The van der Waals surface area contributed by atoms with Gasteiger partial charge in [-0.2, -0.15) is 0 Å². The lowest BCUT2D eigenvalue weighted by molar-refractivity contribution is -0.126. The normalized spacial score (nSPS) is 20.4. The Bertz CT molecular complexity index is 537. The SMILES string of the molecule is Cl.NC[C@H]1CC[C@@H](C(=O)Nc2cc(F)ccc2SCC(F)F)O1. The monoisotopic (exact) mass is 370 g/mol. The lowest BCUT2D eigenvalue weighted by atomic mass is 10.2. The van der Waals surface area contributed by atoms with E-state index in [1.807, 2.05) is 0 Å². The second-order valence-corrected chi connectivity index (χ2v) is 5.95. The molecule has 0 saturated carbocycles. The largest absolute Gasteiger partial charge is 0.364 e. The van der Waals surface area contributed by atoms with Gasteiger partial charge in [0, 0.05) is 11.4 Å². The molecule has 2 rings (SSSR count). The maximum absolute atomic E-state index is 13.3. The van der Waals surface area contributed by atoms with E-state index in [-0.39, 0.29) is 24.2 Å². The molecule has 0 aliphatic carbocycles. The van der Waals surface area contributed by atoms with Crippen molar-refractivity contribution in [3.05, 3.63) is 24.0 Å². The molecule has 130 valence electrons. The molecule has 23 heavy (non-hydrogen) atoms. The topological polar surface area (TPSA) is 64.4 Å². The highest BCUT2D eigenvalue weighted by Crippen LogP contribution is 2.30. The number of amides is 1. The van der Waals surface area contributed by atoms with Crippen LogP contribution in [0.15, 0.2) is 23.1 Å². The first kappa shape index (κ1) is 20.1. The molecule has 1 aliphatic rings. The standard InChI is InChI=1S/C14H17F3N2O2S.ClH/c15-8-1-4-12(22-7-13(16)17)10(5-8)19-14(20)11-3-2-9(6-18)21-11;/h1,4-5,9,11,13H,2-3,6-7,18H2,(H,19,20);1H/t9-,11+;/m1./s1. The number of hydrogen-bond acceptors (Lipinski definition) is 4. The molecule has 9 heteroatoms. The second kappa shape index (κ2) is 9.36. The van der Waals surface area contributed by atoms with E-state index in [1.165, 1.54) is 12.1 Å². The van der Waals surface area contributed by atoms with Crippen LogP contribution in [-0.2, 0) is 9.53 Å². The first-order valence-corrected chi connectivity index (χ1v) is 7.85. The van der Waals surface area contributed by atoms with Crippen LogP contribution >= 0.6 is 24.2 Å². The molecule has 2 atom stereocenters. The lowest BCUT2D eigenvalue weighted by Gasteiger charge is -2.15. The Morgan fingerprint density at radius 1 is 1.43 bits per heavy atom. The summed E-state index contributed by atoms with van der Waals surface area (Å²) in [4.78, 5) is 12.5. The number of nitrogens with one attached hydrogen (secondary N) is 1. The molecule has 0 radical (unpaired) electrons. The van der Waals surface area contributed by atoms with E-state index in [0.29, 0.717) is 24.3 Å². The maximum Gasteiger partial charge on any atom is 0.253 e. The van der Waals surface area contributed by atoms with Crippen LogP contribution < -0.4 is 11.1 Å². The number of carbonyl (C=O) groups is 1. The number of rotatable bonds is 6. The third-order valence-electron chi connectivity index (χ3n) is 3.23. The van der Waals surface area contributed by atoms with Gasteiger partial charge in [-0.3, -0.25) is 4.79 Å². The highest BCUT2D eigenvalue weighted by molar-refractivity contribution is 7.99. The Kier molecular flexibility index (Phi) is 8.18. The van der Waals surface area contributed by atoms with E-state index in [0.717, 1.165) is 17.8 Å². The fourth-order valence-electron chi connectivity index (χ4n) is 2.16. The van der Waals surface area contributed by atoms with E-state index < -0.39 is 30.0 Å². The van der Waals surface area contributed by atoms with Crippen LogP contribution in [-0.4, -0.2) is 36.8 Å². The van der Waals surface area contributed by atoms with E-state index in [2.05, 4.69) is 5.32 Å². The van der Waals surface area contributed by atoms with Crippen molar-refractivity contribution >= 4 is 35.8 Å². The van der Waals surface area contributed by atoms with Crippen LogP contribution in [0.3, 0.4) is 0 Å². The average molecular weight is 371 g/mol. The van der Waals surface area contributed by atoms with Crippen LogP contribution in [0.2, 0.25) is 0 Å². The van der Waals surface area contributed by atoms with E-state index >= 15 is 0 Å². The van der Waals surface area contributed by atoms with Gasteiger partial charge in [-0.15, -0.1) is 24.2 Å². The molecule has 1 fully saturated rings. The van der Waals surface area contributed by atoms with Crippen molar-refractivity contribution < 1.29 is 22.7 Å². The van der Waals surface area contributed by atoms with E-state index in [1.54, 1.807) is 0 Å². The maximum atomic E-state index is 13.3. The molecule has 1 amide bonds. The zero-order chi connectivity index (χ0) is 16.1. The summed E-state index contributed by atoms with van der Waals surface area (Å²) in [5.74, 6) is -1.40. The predicted molar refractivity (Wildman–Crippen MR) is 86.0 cm³/mol. The van der Waals surface area contributed by atoms with Crippen LogP contribution in [0.1, 0.15) is 12.8 Å². The number of alkyl halides is 2. The minimum absolute atomic E-state index is 0. The number of anilines is 1. The Labute approximate surface area is 142 Å². The van der Waals surface area contributed by atoms with Gasteiger partial charge in [0.25, 0.3) is 5.91 Å². The van der Waals surface area contributed by atoms with Gasteiger partial charge in [-0.05, 0) is 31.0 Å². The number of thioether (sulfide) groups is 1. The number of halogens is 4.